The van der Waals surface area contributed by atoms with E-state index in [1.165, 1.54) is 0 Å². The lowest BCUT2D eigenvalue weighted by Crippen LogP contribution is -1.99. The van der Waals surface area contributed by atoms with Gasteiger partial charge in [0.15, 0.2) is 0 Å². The molecule has 9 heteroatoms. The zero-order valence-corrected chi connectivity index (χ0v) is 18.3. The number of nitrogens with zero attached hydrogens (tertiary/aromatic N) is 1. The van der Waals surface area contributed by atoms with E-state index < -0.39 is 0 Å². The van der Waals surface area contributed by atoms with Gasteiger partial charge in [0.2, 0.25) is 0 Å². The van der Waals surface area contributed by atoms with Gasteiger partial charge < -0.3 is 24.5 Å². The third-order valence-electron chi connectivity index (χ3n) is 6.09. The van der Waals surface area contributed by atoms with Gasteiger partial charge in [-0.05, 0) is 35.4 Å². The summed E-state index contributed by atoms with van der Waals surface area (Å²) in [6, 6.07) is 12.9. The van der Waals surface area contributed by atoms with Gasteiger partial charge >= 0.3 is 11.4 Å². The van der Waals surface area contributed by atoms with E-state index in [0.29, 0.717) is 0 Å². The molecular formula is C23H15N5O2S2. The van der Waals surface area contributed by atoms with Gasteiger partial charge in [0.05, 0.1) is 31.8 Å². The summed E-state index contributed by atoms with van der Waals surface area (Å²) in [5.41, 5.74) is 7.39. The highest BCUT2D eigenvalue weighted by Gasteiger charge is 2.16. The van der Waals surface area contributed by atoms with Crippen molar-refractivity contribution < 1.29 is 0 Å². The molecule has 32 heavy (non-hydrogen) atoms. The minimum Gasteiger partial charge on any atom is -0.344 e. The average molecular weight is 458 g/mol. The molecule has 0 atom stereocenters. The fourth-order valence-electron chi connectivity index (χ4n) is 4.61. The van der Waals surface area contributed by atoms with Crippen LogP contribution in [-0.4, -0.2) is 24.5 Å². The molecule has 7 nitrogen and oxygen atoms in total. The summed E-state index contributed by atoms with van der Waals surface area (Å²) < 4.78 is 2.20. The average Bonchev–Trinajstić information content (AvgIpc) is 3.56. The van der Waals surface area contributed by atoms with E-state index in [9.17, 15) is 9.59 Å². The monoisotopic (exact) mass is 457 g/mol. The lowest BCUT2D eigenvalue weighted by molar-refractivity contribution is 1.01. The van der Waals surface area contributed by atoms with E-state index in [-0.39, 0.29) is 11.4 Å². The van der Waals surface area contributed by atoms with E-state index in [1.54, 1.807) is 22.7 Å². The molecule has 5 aromatic heterocycles. The zero-order chi connectivity index (χ0) is 21.6. The number of nitrogens with one attached hydrogen (secondary N) is 4. The molecule has 7 rings (SSSR count). The molecule has 0 aliphatic rings. The summed E-state index contributed by atoms with van der Waals surface area (Å²) in [5, 5.41) is 6.23. The summed E-state index contributed by atoms with van der Waals surface area (Å²) in [7, 11) is 2.07. The second kappa shape index (κ2) is 6.12. The molecule has 4 N–H and O–H groups in total. The molecule has 0 aliphatic carbocycles. The quantitative estimate of drug-likeness (QED) is 0.289. The maximum Gasteiger partial charge on any atom is 0.323 e. The van der Waals surface area contributed by atoms with Crippen LogP contribution in [0.1, 0.15) is 0 Å². The SMILES string of the molecule is Cn1c2ccc(-c3scc4[nH]c(=O)[nH]c34)cc2c2cc(-c3scc4[nH]c(=O)[nH]c34)ccc21. The molecule has 2 aromatic carbocycles. The lowest BCUT2D eigenvalue weighted by atomic mass is 10.1. The van der Waals surface area contributed by atoms with Gasteiger partial charge in [0.25, 0.3) is 0 Å². The standard InChI is InChI=1S/C23H15N5O2S2/c1-28-16-4-2-10(20-18-14(8-31-20)24-22(29)26-18)6-12(16)13-7-11(3-5-17(13)28)21-19-15(9-32-21)25-23(30)27-19/h2-9H,1H3,(H2,24,26,29)(H2,25,27,30). The van der Waals surface area contributed by atoms with Crippen LogP contribution < -0.4 is 11.4 Å². The van der Waals surface area contributed by atoms with Crippen molar-refractivity contribution in [1.29, 1.82) is 0 Å². The molecule has 0 bridgehead atoms. The number of thiophene rings is 2. The highest BCUT2D eigenvalue weighted by atomic mass is 32.1. The number of rotatable bonds is 2. The first kappa shape index (κ1) is 17.8. The number of aryl methyl sites for hydroxylation is 1. The van der Waals surface area contributed by atoms with Crippen molar-refractivity contribution in [3.8, 4) is 20.9 Å². The smallest absolute Gasteiger partial charge is 0.323 e. The fourth-order valence-corrected chi connectivity index (χ4v) is 6.52. The minimum atomic E-state index is -0.190. The maximum atomic E-state index is 11.7. The van der Waals surface area contributed by atoms with Gasteiger partial charge in [0.1, 0.15) is 0 Å². The Morgan fingerprint density at radius 3 is 1.62 bits per heavy atom. The molecule has 0 unspecified atom stereocenters. The Labute approximate surface area is 187 Å². The molecule has 0 aliphatic heterocycles. The first-order valence-corrected chi connectivity index (χ1v) is 11.7. The van der Waals surface area contributed by atoms with Crippen molar-refractivity contribution >= 4 is 66.5 Å². The molecule has 0 amide bonds. The number of aromatic nitrogens is 5. The highest BCUT2D eigenvalue weighted by molar-refractivity contribution is 7.15. The molecule has 0 saturated carbocycles. The molecule has 7 aromatic rings. The summed E-state index contributed by atoms with van der Waals surface area (Å²) >= 11 is 3.23. The summed E-state index contributed by atoms with van der Waals surface area (Å²) in [6.45, 7) is 0. The van der Waals surface area contributed by atoms with Crippen LogP contribution in [0, 0.1) is 0 Å². The number of hydrogen-bond acceptors (Lipinski definition) is 4. The van der Waals surface area contributed by atoms with E-state index in [2.05, 4.69) is 67.9 Å². The number of H-pyrrole nitrogens is 4. The summed E-state index contributed by atoms with van der Waals surface area (Å²) in [6.07, 6.45) is 0. The lowest BCUT2D eigenvalue weighted by Gasteiger charge is -2.01. The summed E-state index contributed by atoms with van der Waals surface area (Å²) in [4.78, 5) is 37.0. The number of fused-ring (bicyclic) bond motifs is 5. The molecule has 0 saturated heterocycles. The Balaban J connectivity index is 1.49. The maximum absolute atomic E-state index is 11.7. The number of hydrogen-bond donors (Lipinski definition) is 4. The largest absolute Gasteiger partial charge is 0.344 e. The van der Waals surface area contributed by atoms with Crippen LogP contribution in [0.15, 0.2) is 56.7 Å². The van der Waals surface area contributed by atoms with Crippen molar-refractivity contribution in [3.63, 3.8) is 0 Å². The van der Waals surface area contributed by atoms with Crippen LogP contribution in [0.4, 0.5) is 0 Å². The van der Waals surface area contributed by atoms with Gasteiger partial charge in [-0.25, -0.2) is 9.59 Å². The second-order valence-electron chi connectivity index (χ2n) is 7.89. The van der Waals surface area contributed by atoms with Crippen LogP contribution in [-0.2, 0) is 7.05 Å². The van der Waals surface area contributed by atoms with Gasteiger partial charge in [-0.3, -0.25) is 0 Å². The first-order chi connectivity index (χ1) is 15.6. The van der Waals surface area contributed by atoms with Crippen LogP contribution in [0.25, 0.3) is 64.8 Å². The van der Waals surface area contributed by atoms with Gasteiger partial charge in [-0.1, -0.05) is 12.1 Å². The third kappa shape index (κ3) is 2.34. The van der Waals surface area contributed by atoms with Crippen LogP contribution in [0.5, 0.6) is 0 Å². The molecular weight excluding hydrogens is 442 g/mol. The molecule has 5 heterocycles. The number of benzene rings is 2. The van der Waals surface area contributed by atoms with E-state index in [1.807, 2.05) is 10.8 Å². The van der Waals surface area contributed by atoms with E-state index >= 15 is 0 Å². The Morgan fingerprint density at radius 1 is 0.688 bits per heavy atom. The molecule has 156 valence electrons. The molecule has 0 fully saturated rings. The zero-order valence-electron chi connectivity index (χ0n) is 16.7. The minimum absolute atomic E-state index is 0.190. The predicted molar refractivity (Wildman–Crippen MR) is 132 cm³/mol. The second-order valence-corrected chi connectivity index (χ2v) is 9.65. The van der Waals surface area contributed by atoms with Gasteiger partial charge in [-0.2, -0.15) is 0 Å². The Hall–Kier alpha value is -3.82. The van der Waals surface area contributed by atoms with Crippen molar-refractivity contribution in [2.45, 2.75) is 0 Å². The highest BCUT2D eigenvalue weighted by Crippen LogP contribution is 2.39. The predicted octanol–water partition coefficient (Wildman–Crippen LogP) is 5.13. The van der Waals surface area contributed by atoms with Gasteiger partial charge in [-0.15, -0.1) is 22.7 Å². The van der Waals surface area contributed by atoms with Crippen molar-refractivity contribution in [2.24, 2.45) is 7.05 Å². The number of imidazole rings is 2. The Morgan fingerprint density at radius 2 is 1.16 bits per heavy atom. The normalized spacial score (nSPS) is 12.2. The Bertz CT molecular complexity index is 1810. The van der Waals surface area contributed by atoms with Gasteiger partial charge in [0, 0.05) is 39.6 Å². The Kier molecular flexibility index (Phi) is 3.41. The van der Waals surface area contributed by atoms with E-state index in [4.69, 9.17) is 0 Å². The number of aromatic amines is 4. The first-order valence-electron chi connectivity index (χ1n) is 9.99. The summed E-state index contributed by atoms with van der Waals surface area (Å²) in [5.74, 6) is 0. The topological polar surface area (TPSA) is 102 Å². The molecule has 0 radical (unpaired) electrons. The van der Waals surface area contributed by atoms with Crippen molar-refractivity contribution in [1.82, 2.24) is 24.5 Å². The van der Waals surface area contributed by atoms with Crippen LogP contribution >= 0.6 is 22.7 Å². The van der Waals surface area contributed by atoms with Crippen LogP contribution in [0.3, 0.4) is 0 Å². The van der Waals surface area contributed by atoms with Crippen molar-refractivity contribution in [2.75, 3.05) is 0 Å². The third-order valence-corrected chi connectivity index (χ3v) is 8.14. The van der Waals surface area contributed by atoms with E-state index in [0.717, 1.165) is 64.8 Å². The fraction of sp³-hybridized carbons (Fsp3) is 0.0435. The van der Waals surface area contributed by atoms with Crippen LogP contribution in [0.2, 0.25) is 0 Å². The van der Waals surface area contributed by atoms with Crippen molar-refractivity contribution in [3.05, 3.63) is 68.1 Å². The molecule has 0 spiro atoms.